The topological polar surface area (TPSA) is 47.3 Å². The number of anilines is 3. The van der Waals surface area contributed by atoms with Crippen LogP contribution in [0.3, 0.4) is 0 Å². The monoisotopic (exact) mass is 264 g/mol. The van der Waals surface area contributed by atoms with Crippen LogP contribution >= 0.6 is 0 Å². The van der Waals surface area contributed by atoms with Crippen molar-refractivity contribution in [1.82, 2.24) is 0 Å². The number of nitrogen functional groups attached to an aromatic ring is 1. The third kappa shape index (κ3) is 2.76. The first-order valence-corrected chi connectivity index (χ1v) is 5.67. The van der Waals surface area contributed by atoms with E-state index in [9.17, 15) is 8.78 Å². The summed E-state index contributed by atoms with van der Waals surface area (Å²) in [7, 11) is 1.35. The highest BCUT2D eigenvalue weighted by Crippen LogP contribution is 2.31. The highest BCUT2D eigenvalue weighted by molar-refractivity contribution is 5.74. The van der Waals surface area contributed by atoms with Gasteiger partial charge < -0.3 is 15.8 Å². The van der Waals surface area contributed by atoms with Gasteiger partial charge in [-0.15, -0.1) is 0 Å². The van der Waals surface area contributed by atoms with E-state index >= 15 is 0 Å². The number of hydrogen-bond donors (Lipinski definition) is 2. The Balaban J connectivity index is 2.40. The van der Waals surface area contributed by atoms with Gasteiger partial charge in [-0.1, -0.05) is 6.07 Å². The van der Waals surface area contributed by atoms with Gasteiger partial charge in [-0.3, -0.25) is 0 Å². The number of ether oxygens (including phenoxy) is 1. The summed E-state index contributed by atoms with van der Waals surface area (Å²) in [6, 6.07) is 7.19. The maximum absolute atomic E-state index is 13.6. The molecular formula is C14H14F2N2O. The zero-order chi connectivity index (χ0) is 14.0. The fraction of sp³-hybridized carbons (Fsp3) is 0.143. The second-order valence-corrected chi connectivity index (χ2v) is 4.18. The van der Waals surface area contributed by atoms with Gasteiger partial charge in [0.1, 0.15) is 5.82 Å². The Hall–Kier alpha value is -2.30. The number of hydrogen-bond acceptors (Lipinski definition) is 3. The van der Waals surface area contributed by atoms with Crippen LogP contribution in [0.1, 0.15) is 5.56 Å². The first-order chi connectivity index (χ1) is 9.01. The van der Waals surface area contributed by atoms with Gasteiger partial charge in [-0.05, 0) is 24.6 Å². The molecule has 0 aliphatic rings. The molecule has 0 amide bonds. The predicted octanol–water partition coefficient (Wildman–Crippen LogP) is 3.61. The summed E-state index contributed by atoms with van der Waals surface area (Å²) in [6.07, 6.45) is 0. The molecule has 0 bridgehead atoms. The van der Waals surface area contributed by atoms with E-state index in [2.05, 4.69) is 5.32 Å². The van der Waals surface area contributed by atoms with Gasteiger partial charge in [-0.25, -0.2) is 8.78 Å². The Kier molecular flexibility index (Phi) is 3.55. The molecule has 0 aliphatic heterocycles. The van der Waals surface area contributed by atoms with E-state index in [4.69, 9.17) is 10.5 Å². The molecule has 100 valence electrons. The fourth-order valence-electron chi connectivity index (χ4n) is 1.71. The van der Waals surface area contributed by atoms with E-state index in [1.807, 2.05) is 6.92 Å². The van der Waals surface area contributed by atoms with E-state index in [-0.39, 0.29) is 17.1 Å². The Morgan fingerprint density at radius 1 is 1.05 bits per heavy atom. The summed E-state index contributed by atoms with van der Waals surface area (Å²) in [5.74, 6) is -0.923. The largest absolute Gasteiger partial charge is 0.494 e. The smallest absolute Gasteiger partial charge is 0.167 e. The van der Waals surface area contributed by atoms with Crippen molar-refractivity contribution in [2.24, 2.45) is 0 Å². The number of aryl methyl sites for hydroxylation is 1. The van der Waals surface area contributed by atoms with Gasteiger partial charge >= 0.3 is 0 Å². The number of halogens is 2. The molecular weight excluding hydrogens is 250 g/mol. The van der Waals surface area contributed by atoms with Gasteiger partial charge in [0.05, 0.1) is 24.2 Å². The molecule has 0 fully saturated rings. The number of nitrogens with one attached hydrogen (secondary N) is 1. The molecule has 2 aromatic carbocycles. The Morgan fingerprint density at radius 3 is 2.47 bits per heavy atom. The first kappa shape index (κ1) is 13.1. The van der Waals surface area contributed by atoms with Gasteiger partial charge in [0.2, 0.25) is 0 Å². The molecule has 19 heavy (non-hydrogen) atoms. The van der Waals surface area contributed by atoms with Crippen molar-refractivity contribution in [3.05, 3.63) is 47.5 Å². The van der Waals surface area contributed by atoms with Gasteiger partial charge in [0, 0.05) is 12.1 Å². The van der Waals surface area contributed by atoms with E-state index in [1.54, 1.807) is 12.1 Å². The van der Waals surface area contributed by atoms with E-state index in [0.717, 1.165) is 11.6 Å². The molecule has 0 saturated carbocycles. The molecule has 0 aromatic heterocycles. The molecule has 0 aliphatic carbocycles. The standard InChI is InChI=1S/C14H14F2N2O/c1-8-3-4-9(15)12(5-8)18-13-7-14(19-2)10(16)6-11(13)17/h3-7,18H,17H2,1-2H3. The molecule has 0 saturated heterocycles. The van der Waals surface area contributed by atoms with Gasteiger partial charge in [0.15, 0.2) is 11.6 Å². The van der Waals surface area contributed by atoms with Crippen LogP contribution in [-0.2, 0) is 0 Å². The maximum Gasteiger partial charge on any atom is 0.167 e. The van der Waals surface area contributed by atoms with Gasteiger partial charge in [0.25, 0.3) is 0 Å². The lowest BCUT2D eigenvalue weighted by Gasteiger charge is -2.13. The molecule has 0 radical (unpaired) electrons. The molecule has 0 atom stereocenters. The SMILES string of the molecule is COc1cc(Nc2cc(C)ccc2F)c(N)cc1F. The van der Waals surface area contributed by atoms with Crippen LogP contribution in [0.2, 0.25) is 0 Å². The Morgan fingerprint density at radius 2 is 1.79 bits per heavy atom. The van der Waals surface area contributed by atoms with Crippen molar-refractivity contribution in [2.45, 2.75) is 6.92 Å². The average molecular weight is 264 g/mol. The minimum atomic E-state index is -0.560. The third-order valence-corrected chi connectivity index (χ3v) is 2.72. The molecule has 2 aromatic rings. The summed E-state index contributed by atoms with van der Waals surface area (Å²) < 4.78 is 31.9. The van der Waals surface area contributed by atoms with E-state index < -0.39 is 11.6 Å². The second kappa shape index (κ2) is 5.14. The van der Waals surface area contributed by atoms with Gasteiger partial charge in [-0.2, -0.15) is 0 Å². The van der Waals surface area contributed by atoms with E-state index in [1.165, 1.54) is 19.2 Å². The summed E-state index contributed by atoms with van der Waals surface area (Å²) in [5, 5.41) is 2.84. The zero-order valence-electron chi connectivity index (χ0n) is 10.6. The molecule has 5 heteroatoms. The van der Waals surface area contributed by atoms with Crippen molar-refractivity contribution >= 4 is 17.1 Å². The van der Waals surface area contributed by atoms with Crippen molar-refractivity contribution in [3.63, 3.8) is 0 Å². The summed E-state index contributed by atoms with van der Waals surface area (Å²) in [5.41, 5.74) is 7.45. The summed E-state index contributed by atoms with van der Waals surface area (Å²) >= 11 is 0. The second-order valence-electron chi connectivity index (χ2n) is 4.18. The highest BCUT2D eigenvalue weighted by Gasteiger charge is 2.10. The summed E-state index contributed by atoms with van der Waals surface area (Å²) in [6.45, 7) is 1.85. The Bertz CT molecular complexity index is 615. The van der Waals surface area contributed by atoms with Crippen molar-refractivity contribution in [1.29, 1.82) is 0 Å². The molecule has 3 nitrogen and oxygen atoms in total. The van der Waals surface area contributed by atoms with Crippen molar-refractivity contribution in [3.8, 4) is 5.75 Å². The minimum absolute atomic E-state index is 0.0461. The van der Waals surface area contributed by atoms with Crippen LogP contribution in [-0.4, -0.2) is 7.11 Å². The van der Waals surface area contributed by atoms with Crippen LogP contribution < -0.4 is 15.8 Å². The molecule has 0 heterocycles. The third-order valence-electron chi connectivity index (χ3n) is 2.72. The minimum Gasteiger partial charge on any atom is -0.494 e. The van der Waals surface area contributed by atoms with Crippen LogP contribution in [0, 0.1) is 18.6 Å². The Labute approximate surface area is 110 Å². The lowest BCUT2D eigenvalue weighted by Crippen LogP contribution is -2.01. The molecule has 0 spiro atoms. The maximum atomic E-state index is 13.6. The zero-order valence-corrected chi connectivity index (χ0v) is 10.6. The molecule has 0 unspecified atom stereocenters. The first-order valence-electron chi connectivity index (χ1n) is 5.67. The fourth-order valence-corrected chi connectivity index (χ4v) is 1.71. The normalized spacial score (nSPS) is 10.3. The van der Waals surface area contributed by atoms with Crippen LogP contribution in [0.25, 0.3) is 0 Å². The predicted molar refractivity (Wildman–Crippen MR) is 71.8 cm³/mol. The quantitative estimate of drug-likeness (QED) is 0.832. The van der Waals surface area contributed by atoms with Crippen molar-refractivity contribution in [2.75, 3.05) is 18.2 Å². The summed E-state index contributed by atoms with van der Waals surface area (Å²) in [4.78, 5) is 0. The average Bonchev–Trinajstić information content (AvgIpc) is 2.37. The number of methoxy groups -OCH3 is 1. The molecule has 2 rings (SSSR count). The molecule has 3 N–H and O–H groups in total. The van der Waals surface area contributed by atoms with Crippen LogP contribution in [0.4, 0.5) is 25.8 Å². The lowest BCUT2D eigenvalue weighted by molar-refractivity contribution is 0.387. The number of nitrogens with two attached hydrogens (primary N) is 1. The van der Waals surface area contributed by atoms with Crippen molar-refractivity contribution < 1.29 is 13.5 Å². The van der Waals surface area contributed by atoms with Crippen LogP contribution in [0.15, 0.2) is 30.3 Å². The lowest BCUT2D eigenvalue weighted by atomic mass is 10.2. The number of rotatable bonds is 3. The van der Waals surface area contributed by atoms with Crippen LogP contribution in [0.5, 0.6) is 5.75 Å². The number of benzene rings is 2. The van der Waals surface area contributed by atoms with E-state index in [0.29, 0.717) is 5.69 Å². The highest BCUT2D eigenvalue weighted by atomic mass is 19.1.